The van der Waals surface area contributed by atoms with Crippen LogP contribution in [0.3, 0.4) is 0 Å². The molecule has 1 aliphatic rings. The van der Waals surface area contributed by atoms with E-state index in [9.17, 15) is 14.4 Å². The summed E-state index contributed by atoms with van der Waals surface area (Å²) in [5.74, 6) is -0.517. The fraction of sp³-hybridized carbons (Fsp3) is 0.619. The molecule has 0 aliphatic carbocycles. The second kappa shape index (κ2) is 14.7. The summed E-state index contributed by atoms with van der Waals surface area (Å²) < 4.78 is 0. The molecule has 1 atom stereocenters. The summed E-state index contributed by atoms with van der Waals surface area (Å²) in [6.45, 7) is 14.3. The first-order chi connectivity index (χ1) is 13.5. The van der Waals surface area contributed by atoms with Gasteiger partial charge in [-0.25, -0.2) is 0 Å². The van der Waals surface area contributed by atoms with Gasteiger partial charge in [-0.1, -0.05) is 27.7 Å². The summed E-state index contributed by atoms with van der Waals surface area (Å²) in [4.78, 5) is 43.1. The fourth-order valence-electron chi connectivity index (χ4n) is 2.75. The number of nitrogens with one attached hydrogen (secondary N) is 1. The highest BCUT2D eigenvalue weighted by molar-refractivity contribution is 5.92. The van der Waals surface area contributed by atoms with Gasteiger partial charge in [0.25, 0.3) is 0 Å². The van der Waals surface area contributed by atoms with E-state index >= 15 is 0 Å². The largest absolute Gasteiger partial charge is 0.369 e. The van der Waals surface area contributed by atoms with E-state index in [4.69, 9.17) is 0 Å². The molecule has 7 heteroatoms. The number of hydrogen-bond donors (Lipinski definition) is 1. The van der Waals surface area contributed by atoms with Gasteiger partial charge in [0.15, 0.2) is 5.78 Å². The van der Waals surface area contributed by atoms with Gasteiger partial charge in [-0.05, 0) is 26.0 Å². The maximum absolute atomic E-state index is 12.1. The van der Waals surface area contributed by atoms with Crippen molar-refractivity contribution in [2.24, 2.45) is 0 Å². The van der Waals surface area contributed by atoms with Crippen LogP contribution in [-0.4, -0.2) is 66.1 Å². The Labute approximate surface area is 169 Å². The molecule has 158 valence electrons. The summed E-state index contributed by atoms with van der Waals surface area (Å²) >= 11 is 0. The number of aromatic nitrogens is 1. The summed E-state index contributed by atoms with van der Waals surface area (Å²) in [5, 5.41) is 2.67. The van der Waals surface area contributed by atoms with Crippen molar-refractivity contribution in [2.45, 2.75) is 54.0 Å². The molecule has 0 spiro atoms. The average molecular weight is 393 g/mol. The molecule has 28 heavy (non-hydrogen) atoms. The van der Waals surface area contributed by atoms with Crippen LogP contribution in [0.25, 0.3) is 0 Å². The van der Waals surface area contributed by atoms with Gasteiger partial charge in [-0.2, -0.15) is 0 Å². The van der Waals surface area contributed by atoms with Crippen LogP contribution in [0.2, 0.25) is 0 Å². The van der Waals surface area contributed by atoms with Crippen LogP contribution in [0.15, 0.2) is 24.5 Å². The lowest BCUT2D eigenvalue weighted by Crippen LogP contribution is -2.51. The first-order valence-electron chi connectivity index (χ1n) is 10.1. The number of anilines is 1. The van der Waals surface area contributed by atoms with Crippen LogP contribution in [-0.2, 0) is 14.4 Å². The monoisotopic (exact) mass is 392 g/mol. The minimum absolute atomic E-state index is 0.0525. The Morgan fingerprint density at radius 3 is 2.00 bits per heavy atom. The molecule has 0 saturated carbocycles. The smallest absolute Gasteiger partial charge is 0.234 e. The molecule has 0 bridgehead atoms. The summed E-state index contributed by atoms with van der Waals surface area (Å²) in [7, 11) is 0. The Balaban J connectivity index is 0.00000171. The van der Waals surface area contributed by atoms with Crippen molar-refractivity contribution in [3.8, 4) is 0 Å². The van der Waals surface area contributed by atoms with E-state index in [1.54, 1.807) is 12.4 Å². The van der Waals surface area contributed by atoms with E-state index in [0.29, 0.717) is 0 Å². The number of Topliss-reactive ketones (excluding diaryl/α,β-unsaturated/α-hetero) is 2. The van der Waals surface area contributed by atoms with Gasteiger partial charge in [0.2, 0.25) is 5.91 Å². The van der Waals surface area contributed by atoms with Gasteiger partial charge in [0, 0.05) is 50.7 Å². The Morgan fingerprint density at radius 1 is 1.00 bits per heavy atom. The number of nitrogens with zero attached hydrogens (tertiary/aromatic N) is 3. The standard InChI is InChI=1S/C17H24N4O3.2C2H6/c1-13(22)11-16(14(2)23)19-17(24)12-20-7-9-21(10-8-20)15-3-5-18-6-4-15;2*1-2/h3-6,16H,7-12H2,1-2H3,(H,19,24);2*1-2H3. The number of ketones is 2. The molecule has 1 unspecified atom stereocenters. The van der Waals surface area contributed by atoms with Crippen LogP contribution in [0.5, 0.6) is 0 Å². The zero-order valence-electron chi connectivity index (χ0n) is 18.2. The van der Waals surface area contributed by atoms with Gasteiger partial charge < -0.3 is 10.2 Å². The first kappa shape index (κ1) is 25.7. The van der Waals surface area contributed by atoms with Crippen LogP contribution < -0.4 is 10.2 Å². The van der Waals surface area contributed by atoms with Gasteiger partial charge in [-0.3, -0.25) is 24.3 Å². The van der Waals surface area contributed by atoms with Crippen molar-refractivity contribution in [1.29, 1.82) is 0 Å². The van der Waals surface area contributed by atoms with Crippen molar-refractivity contribution in [3.63, 3.8) is 0 Å². The zero-order valence-corrected chi connectivity index (χ0v) is 18.2. The molecule has 1 N–H and O–H groups in total. The number of hydrogen-bond acceptors (Lipinski definition) is 6. The van der Waals surface area contributed by atoms with Gasteiger partial charge in [0.1, 0.15) is 5.78 Å². The maximum atomic E-state index is 12.1. The third-order valence-corrected chi connectivity index (χ3v) is 4.08. The van der Waals surface area contributed by atoms with Crippen molar-refractivity contribution in [3.05, 3.63) is 24.5 Å². The molecular weight excluding hydrogens is 356 g/mol. The fourth-order valence-corrected chi connectivity index (χ4v) is 2.75. The third-order valence-electron chi connectivity index (χ3n) is 4.08. The summed E-state index contributed by atoms with van der Waals surface area (Å²) in [6, 6.07) is 3.23. The lowest BCUT2D eigenvalue weighted by molar-refractivity contribution is -0.129. The van der Waals surface area contributed by atoms with Crippen LogP contribution >= 0.6 is 0 Å². The van der Waals surface area contributed by atoms with E-state index in [-0.39, 0.29) is 30.4 Å². The number of pyridine rings is 1. The number of rotatable bonds is 7. The van der Waals surface area contributed by atoms with Gasteiger partial charge in [-0.15, -0.1) is 0 Å². The highest BCUT2D eigenvalue weighted by atomic mass is 16.2. The van der Waals surface area contributed by atoms with Crippen molar-refractivity contribution >= 4 is 23.2 Å². The van der Waals surface area contributed by atoms with Gasteiger partial charge in [0.05, 0.1) is 12.6 Å². The lowest BCUT2D eigenvalue weighted by atomic mass is 10.1. The molecule has 2 heterocycles. The molecule has 1 aliphatic heterocycles. The molecule has 7 nitrogen and oxygen atoms in total. The first-order valence-corrected chi connectivity index (χ1v) is 10.1. The number of amides is 1. The van der Waals surface area contributed by atoms with E-state index in [1.165, 1.54) is 13.8 Å². The highest BCUT2D eigenvalue weighted by Crippen LogP contribution is 2.14. The Morgan fingerprint density at radius 2 is 1.54 bits per heavy atom. The van der Waals surface area contributed by atoms with Crippen molar-refractivity contribution < 1.29 is 14.4 Å². The molecular formula is C21H36N4O3. The molecule has 1 fully saturated rings. The third kappa shape index (κ3) is 9.60. The second-order valence-electron chi connectivity index (χ2n) is 6.11. The molecule has 1 amide bonds. The molecule has 1 saturated heterocycles. The van der Waals surface area contributed by atoms with Crippen LogP contribution in [0, 0.1) is 0 Å². The van der Waals surface area contributed by atoms with E-state index in [1.807, 2.05) is 39.8 Å². The van der Waals surface area contributed by atoms with E-state index < -0.39 is 6.04 Å². The molecule has 0 aromatic carbocycles. The summed E-state index contributed by atoms with van der Waals surface area (Å²) in [5.41, 5.74) is 1.13. The summed E-state index contributed by atoms with van der Waals surface area (Å²) in [6.07, 6.45) is 3.59. The molecule has 1 aromatic rings. The Bertz CT molecular complexity index is 585. The predicted octanol–water partition coefficient (Wildman–Crippen LogP) is 2.31. The highest BCUT2D eigenvalue weighted by Gasteiger charge is 2.22. The lowest BCUT2D eigenvalue weighted by Gasteiger charge is -2.35. The van der Waals surface area contributed by atoms with Crippen LogP contribution in [0.1, 0.15) is 48.0 Å². The SMILES string of the molecule is CC.CC.CC(=O)CC(NC(=O)CN1CCN(c2ccncc2)CC1)C(C)=O. The average Bonchev–Trinajstić information content (AvgIpc) is 2.71. The number of carbonyl (C=O) groups is 3. The number of piperazine rings is 1. The zero-order chi connectivity index (χ0) is 21.5. The van der Waals surface area contributed by atoms with Crippen molar-refractivity contribution in [2.75, 3.05) is 37.6 Å². The van der Waals surface area contributed by atoms with Gasteiger partial charge >= 0.3 is 0 Å². The second-order valence-corrected chi connectivity index (χ2v) is 6.11. The Hall–Kier alpha value is -2.28. The minimum atomic E-state index is -0.715. The molecule has 1 aromatic heterocycles. The molecule has 2 rings (SSSR count). The predicted molar refractivity (Wildman–Crippen MR) is 113 cm³/mol. The van der Waals surface area contributed by atoms with E-state index in [0.717, 1.165) is 31.9 Å². The Kier molecular flexibility index (Phi) is 13.5. The van der Waals surface area contributed by atoms with E-state index in [2.05, 4.69) is 20.1 Å². The van der Waals surface area contributed by atoms with Crippen LogP contribution in [0.4, 0.5) is 5.69 Å². The molecule has 0 radical (unpaired) electrons. The maximum Gasteiger partial charge on any atom is 0.234 e. The van der Waals surface area contributed by atoms with Crippen molar-refractivity contribution in [1.82, 2.24) is 15.2 Å². The normalized spacial score (nSPS) is 14.6. The topological polar surface area (TPSA) is 82.6 Å². The quantitative estimate of drug-likeness (QED) is 0.767. The minimum Gasteiger partial charge on any atom is -0.369 e. The number of carbonyl (C=O) groups excluding carboxylic acids is 3.